The third-order valence-corrected chi connectivity index (χ3v) is 2.33. The van der Waals surface area contributed by atoms with Crippen LogP contribution in [0.5, 0.6) is 5.75 Å². The maximum Gasteiger partial charge on any atom is 0.133 e. The van der Waals surface area contributed by atoms with E-state index in [9.17, 15) is 0 Å². The van der Waals surface area contributed by atoms with Gasteiger partial charge in [0.25, 0.3) is 0 Å². The molecular weight excluding hydrogens is 150 g/mol. The molecule has 0 spiro atoms. The van der Waals surface area contributed by atoms with E-state index in [4.69, 9.17) is 5.11 Å². The SMILES string of the molecule is CCC(C)(C)c1ccc(O)cn1. The number of rotatable bonds is 2. The first kappa shape index (κ1) is 9.04. The summed E-state index contributed by atoms with van der Waals surface area (Å²) < 4.78 is 0. The van der Waals surface area contributed by atoms with E-state index in [1.54, 1.807) is 6.07 Å². The van der Waals surface area contributed by atoms with E-state index in [-0.39, 0.29) is 11.2 Å². The van der Waals surface area contributed by atoms with Crippen molar-refractivity contribution in [1.29, 1.82) is 0 Å². The summed E-state index contributed by atoms with van der Waals surface area (Å²) in [7, 11) is 0. The molecule has 0 saturated carbocycles. The molecule has 1 aromatic rings. The van der Waals surface area contributed by atoms with Crippen molar-refractivity contribution in [3.05, 3.63) is 24.0 Å². The van der Waals surface area contributed by atoms with Crippen LogP contribution in [0.3, 0.4) is 0 Å². The number of hydrogen-bond acceptors (Lipinski definition) is 2. The minimum absolute atomic E-state index is 0.105. The van der Waals surface area contributed by atoms with Gasteiger partial charge in [0.2, 0.25) is 0 Å². The van der Waals surface area contributed by atoms with E-state index in [0.29, 0.717) is 0 Å². The van der Waals surface area contributed by atoms with Crippen molar-refractivity contribution in [2.45, 2.75) is 32.6 Å². The first-order valence-electron chi connectivity index (χ1n) is 4.22. The molecule has 1 heterocycles. The number of hydrogen-bond donors (Lipinski definition) is 1. The molecule has 0 aliphatic rings. The van der Waals surface area contributed by atoms with Crippen LogP contribution in [0.1, 0.15) is 32.9 Å². The van der Waals surface area contributed by atoms with Crippen LogP contribution in [0.25, 0.3) is 0 Å². The highest BCUT2D eigenvalue weighted by Crippen LogP contribution is 2.25. The number of aromatic hydroxyl groups is 1. The fraction of sp³-hybridized carbons (Fsp3) is 0.500. The summed E-state index contributed by atoms with van der Waals surface area (Å²) >= 11 is 0. The normalized spacial score (nSPS) is 11.6. The molecule has 0 unspecified atom stereocenters. The summed E-state index contributed by atoms with van der Waals surface area (Å²) in [4.78, 5) is 4.17. The Hall–Kier alpha value is -1.05. The van der Waals surface area contributed by atoms with Crippen LogP contribution in [-0.4, -0.2) is 10.1 Å². The van der Waals surface area contributed by atoms with Crippen molar-refractivity contribution in [2.24, 2.45) is 0 Å². The monoisotopic (exact) mass is 165 g/mol. The summed E-state index contributed by atoms with van der Waals surface area (Å²) in [5.74, 6) is 0.227. The largest absolute Gasteiger partial charge is 0.506 e. The van der Waals surface area contributed by atoms with E-state index < -0.39 is 0 Å². The van der Waals surface area contributed by atoms with Gasteiger partial charge in [-0.05, 0) is 18.6 Å². The van der Waals surface area contributed by atoms with Gasteiger partial charge in [0.1, 0.15) is 5.75 Å². The minimum Gasteiger partial charge on any atom is -0.506 e. The van der Waals surface area contributed by atoms with Gasteiger partial charge in [0.15, 0.2) is 0 Å². The summed E-state index contributed by atoms with van der Waals surface area (Å²) in [5, 5.41) is 9.03. The second-order valence-corrected chi connectivity index (χ2v) is 3.64. The third kappa shape index (κ3) is 1.76. The van der Waals surface area contributed by atoms with Crippen LogP contribution in [0, 0.1) is 0 Å². The lowest BCUT2D eigenvalue weighted by atomic mass is 9.86. The van der Waals surface area contributed by atoms with Gasteiger partial charge in [0.05, 0.1) is 6.20 Å². The van der Waals surface area contributed by atoms with Gasteiger partial charge in [-0.25, -0.2) is 0 Å². The van der Waals surface area contributed by atoms with Gasteiger partial charge in [0, 0.05) is 11.1 Å². The van der Waals surface area contributed by atoms with Crippen LogP contribution in [-0.2, 0) is 5.41 Å². The molecule has 0 aromatic carbocycles. The fourth-order valence-electron chi connectivity index (χ4n) is 0.968. The van der Waals surface area contributed by atoms with E-state index >= 15 is 0 Å². The smallest absolute Gasteiger partial charge is 0.133 e. The zero-order valence-corrected chi connectivity index (χ0v) is 7.83. The molecule has 1 aromatic heterocycles. The Morgan fingerprint density at radius 2 is 2.08 bits per heavy atom. The van der Waals surface area contributed by atoms with Gasteiger partial charge in [-0.1, -0.05) is 20.8 Å². The van der Waals surface area contributed by atoms with E-state index in [1.807, 2.05) is 6.07 Å². The molecule has 0 bridgehead atoms. The molecule has 1 rings (SSSR count). The fourth-order valence-corrected chi connectivity index (χ4v) is 0.968. The molecule has 2 heteroatoms. The second kappa shape index (κ2) is 3.13. The summed E-state index contributed by atoms with van der Waals surface area (Å²) in [5.41, 5.74) is 1.14. The van der Waals surface area contributed by atoms with Gasteiger partial charge < -0.3 is 5.11 Å². The summed E-state index contributed by atoms with van der Waals surface area (Å²) in [6.45, 7) is 6.42. The van der Waals surface area contributed by atoms with Crippen LogP contribution in [0.2, 0.25) is 0 Å². The topological polar surface area (TPSA) is 33.1 Å². The molecule has 66 valence electrons. The highest BCUT2D eigenvalue weighted by Gasteiger charge is 2.18. The van der Waals surface area contributed by atoms with Crippen molar-refractivity contribution in [1.82, 2.24) is 4.98 Å². The van der Waals surface area contributed by atoms with Gasteiger partial charge in [-0.2, -0.15) is 0 Å². The number of nitrogens with zero attached hydrogens (tertiary/aromatic N) is 1. The Kier molecular flexibility index (Phi) is 2.36. The molecule has 1 N–H and O–H groups in total. The summed E-state index contributed by atoms with van der Waals surface area (Å²) in [6.07, 6.45) is 2.54. The maximum atomic E-state index is 9.03. The van der Waals surface area contributed by atoms with Crippen molar-refractivity contribution in [2.75, 3.05) is 0 Å². The van der Waals surface area contributed by atoms with Gasteiger partial charge >= 0.3 is 0 Å². The minimum atomic E-state index is 0.105. The van der Waals surface area contributed by atoms with E-state index in [0.717, 1.165) is 12.1 Å². The van der Waals surface area contributed by atoms with E-state index in [1.165, 1.54) is 6.20 Å². The number of pyridine rings is 1. The Bertz CT molecular complexity index is 251. The van der Waals surface area contributed by atoms with Crippen LogP contribution < -0.4 is 0 Å². The Balaban J connectivity index is 2.96. The molecular formula is C10H15NO. The van der Waals surface area contributed by atoms with Crippen molar-refractivity contribution in [3.63, 3.8) is 0 Å². The Labute approximate surface area is 73.3 Å². The molecule has 0 saturated heterocycles. The molecule has 12 heavy (non-hydrogen) atoms. The summed E-state index contributed by atoms with van der Waals surface area (Å²) in [6, 6.07) is 3.55. The predicted octanol–water partition coefficient (Wildman–Crippen LogP) is 2.47. The molecule has 2 nitrogen and oxygen atoms in total. The molecule has 0 amide bonds. The van der Waals surface area contributed by atoms with Crippen LogP contribution in [0.15, 0.2) is 18.3 Å². The van der Waals surface area contributed by atoms with Gasteiger partial charge in [-0.15, -0.1) is 0 Å². The lowest BCUT2D eigenvalue weighted by Crippen LogP contribution is -2.16. The zero-order valence-electron chi connectivity index (χ0n) is 7.83. The molecule has 0 aliphatic carbocycles. The highest BCUT2D eigenvalue weighted by atomic mass is 16.3. The predicted molar refractivity (Wildman–Crippen MR) is 49.2 cm³/mol. The molecule has 0 aliphatic heterocycles. The molecule has 0 radical (unpaired) electrons. The Morgan fingerprint density at radius 3 is 2.50 bits per heavy atom. The quantitative estimate of drug-likeness (QED) is 0.730. The first-order chi connectivity index (χ1) is 5.56. The standard InChI is InChI=1S/C10H15NO/c1-4-10(2,3)9-6-5-8(12)7-11-9/h5-7,12H,4H2,1-3H3. The van der Waals surface area contributed by atoms with Gasteiger partial charge in [-0.3, -0.25) is 4.98 Å². The second-order valence-electron chi connectivity index (χ2n) is 3.64. The maximum absolute atomic E-state index is 9.03. The third-order valence-electron chi connectivity index (χ3n) is 2.33. The van der Waals surface area contributed by atoms with E-state index in [2.05, 4.69) is 25.8 Å². The lowest BCUT2D eigenvalue weighted by Gasteiger charge is -2.21. The van der Waals surface area contributed by atoms with Crippen molar-refractivity contribution >= 4 is 0 Å². The average Bonchev–Trinajstić information content (AvgIpc) is 2.05. The molecule has 0 fully saturated rings. The van der Waals surface area contributed by atoms with Crippen molar-refractivity contribution < 1.29 is 5.11 Å². The van der Waals surface area contributed by atoms with Crippen LogP contribution >= 0.6 is 0 Å². The average molecular weight is 165 g/mol. The lowest BCUT2D eigenvalue weighted by molar-refractivity contribution is 0.462. The highest BCUT2D eigenvalue weighted by molar-refractivity contribution is 5.22. The number of aromatic nitrogens is 1. The Morgan fingerprint density at radius 1 is 1.42 bits per heavy atom. The molecule has 0 atom stereocenters. The first-order valence-corrected chi connectivity index (χ1v) is 4.22. The van der Waals surface area contributed by atoms with Crippen molar-refractivity contribution in [3.8, 4) is 5.75 Å². The zero-order chi connectivity index (χ0) is 9.19. The van der Waals surface area contributed by atoms with Crippen LogP contribution in [0.4, 0.5) is 0 Å².